The number of benzene rings is 1. The molecule has 1 aromatic rings. The van der Waals surface area contributed by atoms with E-state index in [1.54, 1.807) is 7.11 Å². The molecule has 0 radical (unpaired) electrons. The van der Waals surface area contributed by atoms with E-state index < -0.39 is 10.8 Å². The van der Waals surface area contributed by atoms with Gasteiger partial charge in [-0.05, 0) is 56.4 Å². The number of carbonyl (C=O) groups is 1. The predicted molar refractivity (Wildman–Crippen MR) is 84.4 cm³/mol. The average Bonchev–Trinajstić information content (AvgIpc) is 2.46. The molecule has 2 heterocycles. The van der Waals surface area contributed by atoms with Crippen LogP contribution >= 0.6 is 0 Å². The van der Waals surface area contributed by atoms with E-state index in [0.717, 1.165) is 42.6 Å². The maximum Gasteiger partial charge on any atom is 0.166 e. The van der Waals surface area contributed by atoms with Gasteiger partial charge < -0.3 is 4.74 Å². The molecule has 1 aromatic carbocycles. The maximum atomic E-state index is 12.7. The summed E-state index contributed by atoms with van der Waals surface area (Å²) in [7, 11) is 0.929. The third-order valence-electron chi connectivity index (χ3n) is 4.85. The molecule has 3 rings (SSSR count). The average molecular weight is 306 g/mol. The van der Waals surface area contributed by atoms with Gasteiger partial charge in [0.1, 0.15) is 5.75 Å². The Bertz CT molecular complexity index is 565. The van der Waals surface area contributed by atoms with Crippen LogP contribution in [0.2, 0.25) is 0 Å². The number of fused-ring (bicyclic) bond motifs is 2. The fraction of sp³-hybridized carbons (Fsp3) is 0.588. The molecule has 2 fully saturated rings. The lowest BCUT2D eigenvalue weighted by Gasteiger charge is -2.37. The van der Waals surface area contributed by atoms with Gasteiger partial charge in [-0.15, -0.1) is 0 Å². The largest absolute Gasteiger partial charge is 0.496 e. The van der Waals surface area contributed by atoms with Gasteiger partial charge in [-0.3, -0.25) is 9.00 Å². The Balaban J connectivity index is 1.79. The summed E-state index contributed by atoms with van der Waals surface area (Å²) in [4.78, 5) is 12.7. The van der Waals surface area contributed by atoms with Gasteiger partial charge >= 0.3 is 0 Å². The standard InChI is InChI=1S/C17H22O3S/c1-11-8-12(6-7-16(11)20-2)17(18)13-9-14-4-3-5-15(10-13)21(14)19/h6-8,13-15H,3-5,9-10H2,1-2H3. The zero-order chi connectivity index (χ0) is 15.0. The summed E-state index contributed by atoms with van der Waals surface area (Å²) in [6.45, 7) is 1.96. The smallest absolute Gasteiger partial charge is 0.166 e. The monoisotopic (exact) mass is 306 g/mol. The van der Waals surface area contributed by atoms with Crippen LogP contribution in [0.1, 0.15) is 48.0 Å². The van der Waals surface area contributed by atoms with Crippen LogP contribution in [0.3, 0.4) is 0 Å². The molecule has 4 heteroatoms. The van der Waals surface area contributed by atoms with E-state index in [-0.39, 0.29) is 22.2 Å². The van der Waals surface area contributed by atoms with E-state index in [2.05, 4.69) is 0 Å². The minimum absolute atomic E-state index is 0.0470. The lowest BCUT2D eigenvalue weighted by molar-refractivity contribution is 0.0895. The molecule has 0 aliphatic carbocycles. The second kappa shape index (κ2) is 5.91. The molecule has 114 valence electrons. The number of ketones is 1. The van der Waals surface area contributed by atoms with Crippen molar-refractivity contribution in [1.29, 1.82) is 0 Å². The second-order valence-electron chi connectivity index (χ2n) is 6.22. The van der Waals surface area contributed by atoms with Crippen molar-refractivity contribution in [3.05, 3.63) is 29.3 Å². The lowest BCUT2D eigenvalue weighted by atomic mass is 9.84. The number of carbonyl (C=O) groups excluding carboxylic acids is 1. The molecule has 0 aromatic heterocycles. The van der Waals surface area contributed by atoms with Crippen molar-refractivity contribution >= 4 is 16.6 Å². The Hall–Kier alpha value is -1.16. The van der Waals surface area contributed by atoms with Gasteiger partial charge in [-0.2, -0.15) is 0 Å². The second-order valence-corrected chi connectivity index (χ2v) is 8.21. The van der Waals surface area contributed by atoms with Crippen molar-refractivity contribution < 1.29 is 13.7 Å². The molecular weight excluding hydrogens is 284 g/mol. The fourth-order valence-electron chi connectivity index (χ4n) is 3.72. The van der Waals surface area contributed by atoms with Crippen LogP contribution in [0, 0.1) is 12.8 Å². The van der Waals surface area contributed by atoms with Crippen LogP contribution in [0.4, 0.5) is 0 Å². The molecule has 0 amide bonds. The number of Topliss-reactive ketones (excluding diaryl/α,β-unsaturated/α-hetero) is 1. The first-order valence-corrected chi connectivity index (χ1v) is 8.96. The van der Waals surface area contributed by atoms with E-state index in [1.165, 1.54) is 6.42 Å². The van der Waals surface area contributed by atoms with Crippen LogP contribution in [-0.4, -0.2) is 27.6 Å². The molecule has 3 nitrogen and oxygen atoms in total. The topological polar surface area (TPSA) is 43.4 Å². The van der Waals surface area contributed by atoms with Gasteiger partial charge in [0.15, 0.2) is 5.78 Å². The molecule has 2 aliphatic heterocycles. The molecule has 0 spiro atoms. The van der Waals surface area contributed by atoms with E-state index in [0.29, 0.717) is 0 Å². The number of methoxy groups -OCH3 is 1. The Morgan fingerprint density at radius 3 is 2.48 bits per heavy atom. The van der Waals surface area contributed by atoms with Crippen LogP contribution in [0.15, 0.2) is 18.2 Å². The van der Waals surface area contributed by atoms with Crippen molar-refractivity contribution in [3.8, 4) is 5.75 Å². The van der Waals surface area contributed by atoms with Gasteiger partial charge in [0, 0.05) is 32.8 Å². The number of ether oxygens (including phenoxy) is 1. The first-order chi connectivity index (χ1) is 10.1. The molecule has 2 atom stereocenters. The Kier molecular flexibility index (Phi) is 4.16. The van der Waals surface area contributed by atoms with Crippen molar-refractivity contribution in [1.82, 2.24) is 0 Å². The van der Waals surface area contributed by atoms with Crippen LogP contribution < -0.4 is 4.74 Å². The Morgan fingerprint density at radius 1 is 1.24 bits per heavy atom. The molecular formula is C17H22O3S. The van der Waals surface area contributed by atoms with Gasteiger partial charge in [0.05, 0.1) is 7.11 Å². The normalized spacial score (nSPS) is 31.7. The minimum atomic E-state index is -0.711. The van der Waals surface area contributed by atoms with E-state index in [4.69, 9.17) is 4.74 Å². The number of aryl methyl sites for hydroxylation is 1. The van der Waals surface area contributed by atoms with Gasteiger partial charge in [0.25, 0.3) is 0 Å². The van der Waals surface area contributed by atoms with E-state index in [9.17, 15) is 9.00 Å². The Labute approximate surface area is 128 Å². The summed E-state index contributed by atoms with van der Waals surface area (Å²) in [5, 5.41) is 0.483. The highest BCUT2D eigenvalue weighted by molar-refractivity contribution is 7.86. The SMILES string of the molecule is COc1ccc(C(=O)C2CC3CCCC(C2)S3=O)cc1C. The summed E-state index contributed by atoms with van der Waals surface area (Å²) in [5.74, 6) is 1.08. The maximum absolute atomic E-state index is 12.7. The third kappa shape index (κ3) is 2.78. The van der Waals surface area contributed by atoms with Crippen LogP contribution in [0.25, 0.3) is 0 Å². The highest BCUT2D eigenvalue weighted by Gasteiger charge is 2.40. The van der Waals surface area contributed by atoms with Gasteiger partial charge in [0.2, 0.25) is 0 Å². The molecule has 0 saturated carbocycles. The molecule has 0 N–H and O–H groups in total. The first kappa shape index (κ1) is 14.8. The fourth-order valence-corrected chi connectivity index (χ4v) is 5.90. The van der Waals surface area contributed by atoms with E-state index in [1.807, 2.05) is 25.1 Å². The summed E-state index contributed by atoms with van der Waals surface area (Å²) in [6.07, 6.45) is 4.81. The molecule has 2 unspecified atom stereocenters. The predicted octanol–water partition coefficient (Wildman–Crippen LogP) is 3.27. The van der Waals surface area contributed by atoms with Crippen molar-refractivity contribution in [2.45, 2.75) is 49.5 Å². The third-order valence-corrected chi connectivity index (χ3v) is 7.02. The van der Waals surface area contributed by atoms with E-state index >= 15 is 0 Å². The number of hydrogen-bond acceptors (Lipinski definition) is 3. The van der Waals surface area contributed by atoms with Gasteiger partial charge in [-0.25, -0.2) is 0 Å². The minimum Gasteiger partial charge on any atom is -0.496 e. The van der Waals surface area contributed by atoms with Crippen molar-refractivity contribution in [2.75, 3.05) is 7.11 Å². The lowest BCUT2D eigenvalue weighted by Crippen LogP contribution is -2.41. The van der Waals surface area contributed by atoms with Crippen LogP contribution in [0.5, 0.6) is 5.75 Å². The molecule has 2 aliphatic rings. The van der Waals surface area contributed by atoms with Gasteiger partial charge in [-0.1, -0.05) is 6.42 Å². The zero-order valence-electron chi connectivity index (χ0n) is 12.6. The highest BCUT2D eigenvalue weighted by Crippen LogP contribution is 2.38. The number of hydrogen-bond donors (Lipinski definition) is 0. The summed E-state index contributed by atoms with van der Waals surface area (Å²) >= 11 is 0. The summed E-state index contributed by atoms with van der Waals surface area (Å²) in [6, 6.07) is 5.64. The molecule has 2 saturated heterocycles. The first-order valence-electron chi connectivity index (χ1n) is 7.68. The Morgan fingerprint density at radius 2 is 1.90 bits per heavy atom. The highest BCUT2D eigenvalue weighted by atomic mass is 32.2. The summed E-state index contributed by atoms with van der Waals surface area (Å²) < 4.78 is 17.5. The zero-order valence-corrected chi connectivity index (χ0v) is 13.4. The summed E-state index contributed by atoms with van der Waals surface area (Å²) in [5.41, 5.74) is 1.76. The van der Waals surface area contributed by atoms with Crippen molar-refractivity contribution in [3.63, 3.8) is 0 Å². The molecule has 2 bridgehead atoms. The molecule has 21 heavy (non-hydrogen) atoms. The van der Waals surface area contributed by atoms with Crippen molar-refractivity contribution in [2.24, 2.45) is 5.92 Å². The number of rotatable bonds is 3. The van der Waals surface area contributed by atoms with Crippen LogP contribution in [-0.2, 0) is 10.8 Å². The quantitative estimate of drug-likeness (QED) is 0.805.